The minimum Gasteiger partial charge on any atom is -0.335 e. The zero-order valence-electron chi connectivity index (χ0n) is 12.9. The Labute approximate surface area is 146 Å². The number of aryl methyl sites for hydroxylation is 1. The molecular weight excluding hydrogens is 350 g/mol. The van der Waals surface area contributed by atoms with Gasteiger partial charge in [-0.1, -0.05) is 11.6 Å². The van der Waals surface area contributed by atoms with E-state index in [1.165, 1.54) is 22.2 Å². The van der Waals surface area contributed by atoms with Crippen molar-refractivity contribution in [2.45, 2.75) is 13.0 Å². The van der Waals surface area contributed by atoms with Crippen molar-refractivity contribution in [2.75, 3.05) is 13.1 Å². The van der Waals surface area contributed by atoms with Crippen molar-refractivity contribution in [1.29, 1.82) is 0 Å². The van der Waals surface area contributed by atoms with Crippen LogP contribution in [0.25, 0.3) is 10.2 Å². The van der Waals surface area contributed by atoms with Crippen molar-refractivity contribution >= 4 is 39.1 Å². The lowest BCUT2D eigenvalue weighted by atomic mass is 10.3. The standard InChI is InChI=1S/C15H14ClN5O2S/c1-19-12(10(16)8-17-19)15(23)20-4-2-11-18-13-9(3-7-24-13)14(22)21(11)6-5-20/h3,7-8H,2,4-6H2,1H3. The minimum atomic E-state index is -0.178. The minimum absolute atomic E-state index is 0.0379. The van der Waals surface area contributed by atoms with Crippen LogP contribution in [0.3, 0.4) is 0 Å². The summed E-state index contributed by atoms with van der Waals surface area (Å²) in [7, 11) is 1.69. The van der Waals surface area contributed by atoms with E-state index in [4.69, 9.17) is 11.6 Å². The summed E-state index contributed by atoms with van der Waals surface area (Å²) < 4.78 is 3.15. The molecule has 0 spiro atoms. The summed E-state index contributed by atoms with van der Waals surface area (Å²) in [5.74, 6) is 0.545. The van der Waals surface area contributed by atoms with Gasteiger partial charge in [-0.05, 0) is 11.4 Å². The van der Waals surface area contributed by atoms with E-state index < -0.39 is 0 Å². The first-order chi connectivity index (χ1) is 11.6. The smallest absolute Gasteiger partial charge is 0.273 e. The van der Waals surface area contributed by atoms with Crippen LogP contribution in [0.4, 0.5) is 0 Å². The van der Waals surface area contributed by atoms with Gasteiger partial charge in [-0.15, -0.1) is 11.3 Å². The zero-order chi connectivity index (χ0) is 16.8. The van der Waals surface area contributed by atoms with E-state index in [1.807, 2.05) is 5.38 Å². The highest BCUT2D eigenvalue weighted by molar-refractivity contribution is 7.16. The molecule has 124 valence electrons. The van der Waals surface area contributed by atoms with Crippen LogP contribution in [0.2, 0.25) is 5.02 Å². The third kappa shape index (κ3) is 2.33. The van der Waals surface area contributed by atoms with Crippen molar-refractivity contribution in [3.63, 3.8) is 0 Å². The fourth-order valence-corrected chi connectivity index (χ4v) is 4.00. The van der Waals surface area contributed by atoms with Gasteiger partial charge in [0.15, 0.2) is 0 Å². The van der Waals surface area contributed by atoms with E-state index in [2.05, 4.69) is 10.1 Å². The molecule has 0 atom stereocenters. The molecule has 1 aliphatic rings. The second kappa shape index (κ2) is 5.71. The zero-order valence-corrected chi connectivity index (χ0v) is 14.5. The molecule has 9 heteroatoms. The summed E-state index contributed by atoms with van der Waals surface area (Å²) in [5.41, 5.74) is 0.327. The maximum Gasteiger partial charge on any atom is 0.273 e. The third-order valence-corrected chi connectivity index (χ3v) is 5.33. The van der Waals surface area contributed by atoms with Gasteiger partial charge in [-0.3, -0.25) is 18.8 Å². The molecule has 0 N–H and O–H groups in total. The molecule has 7 nitrogen and oxygen atoms in total. The number of hydrogen-bond acceptors (Lipinski definition) is 5. The van der Waals surface area contributed by atoms with Crippen molar-refractivity contribution in [1.82, 2.24) is 24.2 Å². The van der Waals surface area contributed by atoms with Crippen LogP contribution < -0.4 is 5.56 Å². The number of halogens is 1. The van der Waals surface area contributed by atoms with Gasteiger partial charge in [0.2, 0.25) is 0 Å². The Kier molecular flexibility index (Phi) is 3.65. The predicted octanol–water partition coefficient (Wildman–Crippen LogP) is 1.54. The topological polar surface area (TPSA) is 73.0 Å². The molecule has 0 saturated heterocycles. The Morgan fingerprint density at radius 1 is 1.33 bits per heavy atom. The molecule has 0 fully saturated rings. The molecule has 1 amide bonds. The first-order valence-corrected chi connectivity index (χ1v) is 8.75. The van der Waals surface area contributed by atoms with E-state index in [9.17, 15) is 9.59 Å². The molecule has 1 aliphatic heterocycles. The predicted molar refractivity (Wildman–Crippen MR) is 91.7 cm³/mol. The molecular formula is C15H14ClN5O2S. The normalized spacial score (nSPS) is 14.7. The fraction of sp³-hybridized carbons (Fsp3) is 0.333. The van der Waals surface area contributed by atoms with Gasteiger partial charge in [0.25, 0.3) is 11.5 Å². The number of nitrogens with zero attached hydrogens (tertiary/aromatic N) is 5. The van der Waals surface area contributed by atoms with Gasteiger partial charge in [-0.25, -0.2) is 4.98 Å². The average molecular weight is 364 g/mol. The van der Waals surface area contributed by atoms with Crippen LogP contribution in [0, 0.1) is 0 Å². The van der Waals surface area contributed by atoms with Crippen LogP contribution in [0.1, 0.15) is 16.3 Å². The maximum atomic E-state index is 12.8. The van der Waals surface area contributed by atoms with Crippen LogP contribution in [-0.2, 0) is 20.0 Å². The van der Waals surface area contributed by atoms with Crippen molar-refractivity contribution < 1.29 is 4.79 Å². The van der Waals surface area contributed by atoms with E-state index in [0.29, 0.717) is 42.2 Å². The number of carbonyl (C=O) groups excluding carboxylic acids is 1. The molecule has 0 aliphatic carbocycles. The summed E-state index contributed by atoms with van der Waals surface area (Å²) >= 11 is 7.53. The maximum absolute atomic E-state index is 12.8. The summed E-state index contributed by atoms with van der Waals surface area (Å²) in [4.78, 5) is 32.4. The van der Waals surface area contributed by atoms with Crippen molar-refractivity contribution in [2.24, 2.45) is 7.05 Å². The monoisotopic (exact) mass is 363 g/mol. The van der Waals surface area contributed by atoms with Crippen molar-refractivity contribution in [3.8, 4) is 0 Å². The van der Waals surface area contributed by atoms with Gasteiger partial charge in [0, 0.05) is 33.1 Å². The van der Waals surface area contributed by atoms with E-state index in [0.717, 1.165) is 10.7 Å². The van der Waals surface area contributed by atoms with E-state index >= 15 is 0 Å². The Bertz CT molecular complexity index is 986. The van der Waals surface area contributed by atoms with Gasteiger partial charge in [0.1, 0.15) is 16.3 Å². The number of aromatic nitrogens is 4. The second-order valence-electron chi connectivity index (χ2n) is 5.63. The molecule has 4 rings (SSSR count). The molecule has 3 aromatic rings. The Hall–Kier alpha value is -2.19. The van der Waals surface area contributed by atoms with Crippen LogP contribution in [-0.4, -0.2) is 43.2 Å². The number of amides is 1. The molecule has 0 bridgehead atoms. The third-order valence-electron chi connectivity index (χ3n) is 4.25. The molecule has 0 aromatic carbocycles. The number of hydrogen-bond donors (Lipinski definition) is 0. The van der Waals surface area contributed by atoms with Crippen LogP contribution in [0.5, 0.6) is 0 Å². The van der Waals surface area contributed by atoms with Gasteiger partial charge in [0.05, 0.1) is 16.6 Å². The first-order valence-electron chi connectivity index (χ1n) is 7.50. The molecule has 3 aromatic heterocycles. The molecule has 4 heterocycles. The summed E-state index contributed by atoms with van der Waals surface area (Å²) in [5, 5.41) is 6.86. The SMILES string of the molecule is Cn1ncc(Cl)c1C(=O)N1CCc2nc3sccc3c(=O)n2CC1. The van der Waals surface area contributed by atoms with Gasteiger partial charge < -0.3 is 4.90 Å². The highest BCUT2D eigenvalue weighted by Crippen LogP contribution is 2.19. The number of thiophene rings is 1. The van der Waals surface area contributed by atoms with E-state index in [-0.39, 0.29) is 11.5 Å². The molecule has 0 saturated carbocycles. The highest BCUT2D eigenvalue weighted by atomic mass is 35.5. The summed E-state index contributed by atoms with van der Waals surface area (Å²) in [6.45, 7) is 1.35. The fourth-order valence-electron chi connectivity index (χ4n) is 2.98. The molecule has 0 radical (unpaired) electrons. The van der Waals surface area contributed by atoms with Gasteiger partial charge in [-0.2, -0.15) is 5.10 Å². The van der Waals surface area contributed by atoms with E-state index in [1.54, 1.807) is 22.6 Å². The molecule has 0 unspecified atom stereocenters. The number of carbonyl (C=O) groups is 1. The first kappa shape index (κ1) is 15.3. The lowest BCUT2D eigenvalue weighted by molar-refractivity contribution is 0.0748. The Morgan fingerprint density at radius 3 is 2.92 bits per heavy atom. The Balaban J connectivity index is 1.67. The van der Waals surface area contributed by atoms with Crippen LogP contribution in [0.15, 0.2) is 22.4 Å². The molecule has 24 heavy (non-hydrogen) atoms. The largest absolute Gasteiger partial charge is 0.335 e. The lowest BCUT2D eigenvalue weighted by Gasteiger charge is -2.20. The van der Waals surface area contributed by atoms with Gasteiger partial charge >= 0.3 is 0 Å². The Morgan fingerprint density at radius 2 is 2.17 bits per heavy atom. The second-order valence-corrected chi connectivity index (χ2v) is 6.93. The average Bonchev–Trinajstić information content (AvgIpc) is 3.08. The number of rotatable bonds is 1. The van der Waals surface area contributed by atoms with Crippen LogP contribution >= 0.6 is 22.9 Å². The summed E-state index contributed by atoms with van der Waals surface area (Å²) in [6, 6.07) is 1.80. The number of fused-ring (bicyclic) bond motifs is 2. The summed E-state index contributed by atoms with van der Waals surface area (Å²) in [6.07, 6.45) is 1.99. The highest BCUT2D eigenvalue weighted by Gasteiger charge is 2.25. The quantitative estimate of drug-likeness (QED) is 0.657. The lowest BCUT2D eigenvalue weighted by Crippen LogP contribution is -2.35. The van der Waals surface area contributed by atoms with Crippen molar-refractivity contribution in [3.05, 3.63) is 44.5 Å².